The molecule has 2 amide bonds. The van der Waals surface area contributed by atoms with Crippen molar-refractivity contribution in [3.8, 4) is 17.5 Å². The van der Waals surface area contributed by atoms with Crippen LogP contribution in [-0.4, -0.2) is 33.2 Å². The van der Waals surface area contributed by atoms with Crippen molar-refractivity contribution in [3.63, 3.8) is 0 Å². The molecule has 0 bridgehead atoms. The summed E-state index contributed by atoms with van der Waals surface area (Å²) < 4.78 is 6.86. The summed E-state index contributed by atoms with van der Waals surface area (Å²) in [4.78, 5) is 24.3. The topological polar surface area (TPSA) is 113 Å². The fraction of sp³-hybridized carbons (Fsp3) is 0.304. The van der Waals surface area contributed by atoms with Gasteiger partial charge >= 0.3 is 5.91 Å². The third kappa shape index (κ3) is 4.91. The van der Waals surface area contributed by atoms with Gasteiger partial charge in [0.25, 0.3) is 5.91 Å². The molecule has 2 aromatic carbocycles. The summed E-state index contributed by atoms with van der Waals surface area (Å²) in [6, 6.07) is 10.1. The first-order valence-corrected chi connectivity index (χ1v) is 10.0. The van der Waals surface area contributed by atoms with Gasteiger partial charge in [0, 0.05) is 22.9 Å². The van der Waals surface area contributed by atoms with Crippen LogP contribution in [0.3, 0.4) is 0 Å². The van der Waals surface area contributed by atoms with E-state index in [1.165, 1.54) is 22.8 Å². The summed E-state index contributed by atoms with van der Waals surface area (Å²) >= 11 is 0. The fourth-order valence-corrected chi connectivity index (χ4v) is 3.17. The third-order valence-corrected chi connectivity index (χ3v) is 4.94. The minimum absolute atomic E-state index is 0.0552. The Hall–Kier alpha value is -3.68. The summed E-state index contributed by atoms with van der Waals surface area (Å²) in [6.07, 6.45) is 1.69. The smallest absolute Gasteiger partial charge is 0.302 e. The van der Waals surface area contributed by atoms with Crippen molar-refractivity contribution >= 4 is 22.6 Å². The number of nitrogens with zero attached hydrogens (tertiary/aromatic N) is 3. The van der Waals surface area contributed by atoms with Gasteiger partial charge in [0.05, 0.1) is 0 Å². The third-order valence-electron chi connectivity index (χ3n) is 4.94. The zero-order valence-electron chi connectivity index (χ0n) is 17.8. The summed E-state index contributed by atoms with van der Waals surface area (Å²) in [7, 11) is 0. The van der Waals surface area contributed by atoms with Crippen LogP contribution in [0, 0.1) is 13.8 Å². The number of azo groups is 1. The second-order valence-electron chi connectivity index (χ2n) is 7.37. The number of aromatic nitrogens is 1. The van der Waals surface area contributed by atoms with Crippen LogP contribution < -0.4 is 4.74 Å². The van der Waals surface area contributed by atoms with Gasteiger partial charge in [0.2, 0.25) is 11.8 Å². The Balaban J connectivity index is 1.70. The molecule has 3 aromatic rings. The molecule has 31 heavy (non-hydrogen) atoms. The van der Waals surface area contributed by atoms with Crippen LogP contribution >= 0.6 is 0 Å². The number of benzene rings is 2. The second kappa shape index (κ2) is 9.42. The molecule has 0 unspecified atom stereocenters. The molecule has 3 rings (SSSR count). The van der Waals surface area contributed by atoms with Gasteiger partial charge < -0.3 is 14.9 Å². The van der Waals surface area contributed by atoms with Crippen molar-refractivity contribution in [2.45, 2.75) is 40.2 Å². The first-order chi connectivity index (χ1) is 14.8. The number of hydrogen-bond acceptors (Lipinski definition) is 5. The maximum absolute atomic E-state index is 12.3. The van der Waals surface area contributed by atoms with E-state index < -0.39 is 11.8 Å². The maximum Gasteiger partial charge on any atom is 0.302 e. The molecule has 8 heteroatoms. The Morgan fingerprint density at radius 3 is 2.48 bits per heavy atom. The number of amides is 2. The SMILES string of the molecule is CCCCn1c(O)c2ccc(C(=O)N=NC(=O)COc3cc(C)ccc3C)cc2c1O. The van der Waals surface area contributed by atoms with E-state index in [0.29, 0.717) is 23.1 Å². The van der Waals surface area contributed by atoms with E-state index >= 15 is 0 Å². The maximum atomic E-state index is 12.3. The van der Waals surface area contributed by atoms with Crippen molar-refractivity contribution in [2.75, 3.05) is 6.61 Å². The summed E-state index contributed by atoms with van der Waals surface area (Å²) in [5.41, 5.74) is 2.02. The Labute approximate surface area is 179 Å². The Kier molecular flexibility index (Phi) is 6.69. The van der Waals surface area contributed by atoms with Gasteiger partial charge in [0.1, 0.15) is 5.75 Å². The molecule has 0 aliphatic heterocycles. The van der Waals surface area contributed by atoms with Gasteiger partial charge in [-0.1, -0.05) is 25.5 Å². The van der Waals surface area contributed by atoms with Gasteiger partial charge in [0.15, 0.2) is 6.61 Å². The number of carbonyl (C=O) groups excluding carboxylic acids is 2. The average molecular weight is 423 g/mol. The minimum atomic E-state index is -0.734. The number of aryl methyl sites for hydroxylation is 2. The largest absolute Gasteiger partial charge is 0.494 e. The van der Waals surface area contributed by atoms with E-state index in [1.54, 1.807) is 0 Å². The Bertz CT molecular complexity index is 1160. The van der Waals surface area contributed by atoms with E-state index in [0.717, 1.165) is 24.0 Å². The van der Waals surface area contributed by atoms with Crippen LogP contribution in [0.4, 0.5) is 0 Å². The number of hydrogen-bond donors (Lipinski definition) is 2. The molecule has 0 saturated heterocycles. The highest BCUT2D eigenvalue weighted by molar-refractivity contribution is 6.02. The van der Waals surface area contributed by atoms with Gasteiger partial charge in [-0.15, -0.1) is 10.2 Å². The Morgan fingerprint density at radius 2 is 1.74 bits per heavy atom. The van der Waals surface area contributed by atoms with Crippen molar-refractivity contribution in [3.05, 3.63) is 53.1 Å². The van der Waals surface area contributed by atoms with Crippen molar-refractivity contribution in [2.24, 2.45) is 10.2 Å². The average Bonchev–Trinajstić information content (AvgIpc) is 3.00. The molecule has 0 fully saturated rings. The molecule has 0 saturated carbocycles. The quantitative estimate of drug-likeness (QED) is 0.536. The lowest BCUT2D eigenvalue weighted by molar-refractivity contribution is -0.120. The van der Waals surface area contributed by atoms with Crippen molar-refractivity contribution < 1.29 is 24.5 Å². The highest BCUT2D eigenvalue weighted by atomic mass is 16.5. The summed E-state index contributed by atoms with van der Waals surface area (Å²) in [5.74, 6) is -1.03. The second-order valence-corrected chi connectivity index (χ2v) is 7.37. The summed E-state index contributed by atoms with van der Waals surface area (Å²) in [5, 5.41) is 28.4. The van der Waals surface area contributed by atoms with Gasteiger partial charge in [-0.05, 0) is 55.7 Å². The lowest BCUT2D eigenvalue weighted by Crippen LogP contribution is -2.09. The first kappa shape index (κ1) is 22.0. The summed E-state index contributed by atoms with van der Waals surface area (Å²) in [6.45, 7) is 5.91. The minimum Gasteiger partial charge on any atom is -0.494 e. The van der Waals surface area contributed by atoms with Gasteiger partial charge in [-0.2, -0.15) is 0 Å². The number of carbonyl (C=O) groups is 2. The molecule has 1 aromatic heterocycles. The molecular formula is C23H25N3O5. The van der Waals surface area contributed by atoms with Crippen LogP contribution in [-0.2, 0) is 11.3 Å². The highest BCUT2D eigenvalue weighted by Gasteiger charge is 2.17. The highest BCUT2D eigenvalue weighted by Crippen LogP contribution is 2.37. The first-order valence-electron chi connectivity index (χ1n) is 10.0. The fourth-order valence-electron chi connectivity index (χ4n) is 3.17. The molecule has 1 heterocycles. The van der Waals surface area contributed by atoms with Gasteiger partial charge in [-0.25, -0.2) is 0 Å². The predicted octanol–water partition coefficient (Wildman–Crippen LogP) is 4.67. The number of rotatable bonds is 7. The van der Waals surface area contributed by atoms with Crippen LogP contribution in [0.25, 0.3) is 10.8 Å². The molecule has 162 valence electrons. The zero-order valence-corrected chi connectivity index (χ0v) is 17.8. The number of aromatic hydroxyl groups is 2. The van der Waals surface area contributed by atoms with Crippen LogP contribution in [0.15, 0.2) is 46.6 Å². The molecule has 0 aliphatic carbocycles. The van der Waals surface area contributed by atoms with Crippen LogP contribution in [0.2, 0.25) is 0 Å². The zero-order chi connectivity index (χ0) is 22.5. The van der Waals surface area contributed by atoms with E-state index in [4.69, 9.17) is 4.74 Å². The van der Waals surface area contributed by atoms with Crippen molar-refractivity contribution in [1.29, 1.82) is 0 Å². The van der Waals surface area contributed by atoms with E-state index in [1.807, 2.05) is 39.0 Å². The lowest BCUT2D eigenvalue weighted by Gasteiger charge is -2.07. The van der Waals surface area contributed by atoms with Crippen molar-refractivity contribution in [1.82, 2.24) is 4.57 Å². The van der Waals surface area contributed by atoms with Crippen LogP contribution in [0.5, 0.6) is 17.5 Å². The normalized spacial score (nSPS) is 11.3. The van der Waals surface area contributed by atoms with Crippen LogP contribution in [0.1, 0.15) is 41.3 Å². The number of ether oxygens (including phenoxy) is 1. The molecule has 0 atom stereocenters. The predicted molar refractivity (Wildman–Crippen MR) is 116 cm³/mol. The van der Waals surface area contributed by atoms with E-state index in [2.05, 4.69) is 10.2 Å². The van der Waals surface area contributed by atoms with E-state index in [-0.39, 0.29) is 23.9 Å². The molecule has 0 spiro atoms. The molecular weight excluding hydrogens is 398 g/mol. The lowest BCUT2D eigenvalue weighted by atomic mass is 10.1. The molecule has 0 radical (unpaired) electrons. The molecule has 8 nitrogen and oxygen atoms in total. The standard InChI is InChI=1S/C23H25N3O5/c1-4-5-10-26-22(29)17-9-8-16(12-18(17)23(26)30)21(28)25-24-20(27)13-31-19-11-14(2)6-7-15(19)3/h6-9,11-12,29-30H,4-5,10,13H2,1-3H3. The monoisotopic (exact) mass is 423 g/mol. The number of fused-ring (bicyclic) bond motifs is 1. The van der Waals surface area contributed by atoms with Gasteiger partial charge in [-0.3, -0.25) is 14.2 Å². The molecule has 2 N–H and O–H groups in total. The molecule has 0 aliphatic rings. The van der Waals surface area contributed by atoms with E-state index in [9.17, 15) is 19.8 Å². The Morgan fingerprint density at radius 1 is 1.00 bits per heavy atom. The number of unbranched alkanes of at least 4 members (excludes halogenated alkanes) is 1.